The second-order valence-corrected chi connectivity index (χ2v) is 5.67. The minimum atomic E-state index is -0.895. The van der Waals surface area contributed by atoms with Gasteiger partial charge in [0.05, 0.1) is 0 Å². The van der Waals surface area contributed by atoms with Crippen LogP contribution in [-0.2, 0) is 15.6 Å². The van der Waals surface area contributed by atoms with Gasteiger partial charge in [0.2, 0.25) is 5.91 Å². The number of hydrogen-bond acceptors (Lipinski definition) is 3. The molecule has 0 fully saturated rings. The Hall–Kier alpha value is -1.36. The standard InChI is InChI=1S/C12H18N2O2S/c1-3-17(16)7-6-12(15)14-11-5-4-10(13)8-9(11)2/h4-5,8H,3,6-7,13H2,1-2H3,(H,14,15). The summed E-state index contributed by atoms with van der Waals surface area (Å²) in [4.78, 5) is 11.6. The zero-order valence-corrected chi connectivity index (χ0v) is 11.0. The van der Waals surface area contributed by atoms with Crippen LogP contribution >= 0.6 is 0 Å². The number of nitrogens with two attached hydrogens (primary N) is 1. The molecule has 0 heterocycles. The van der Waals surface area contributed by atoms with Crippen LogP contribution in [0.3, 0.4) is 0 Å². The molecule has 1 amide bonds. The average molecular weight is 254 g/mol. The van der Waals surface area contributed by atoms with Gasteiger partial charge in [-0.25, -0.2) is 0 Å². The minimum absolute atomic E-state index is 0.111. The van der Waals surface area contributed by atoms with Gasteiger partial charge in [0.15, 0.2) is 0 Å². The summed E-state index contributed by atoms with van der Waals surface area (Å²) in [6, 6.07) is 5.33. The van der Waals surface area contributed by atoms with Crippen molar-refractivity contribution >= 4 is 28.1 Å². The molecule has 1 aromatic rings. The van der Waals surface area contributed by atoms with E-state index in [0.717, 1.165) is 11.3 Å². The maximum Gasteiger partial charge on any atom is 0.225 e. The number of nitrogens with one attached hydrogen (secondary N) is 1. The van der Waals surface area contributed by atoms with Gasteiger partial charge in [-0.2, -0.15) is 0 Å². The monoisotopic (exact) mass is 254 g/mol. The zero-order valence-electron chi connectivity index (χ0n) is 10.2. The Balaban J connectivity index is 2.53. The highest BCUT2D eigenvalue weighted by molar-refractivity contribution is 7.84. The van der Waals surface area contributed by atoms with Crippen molar-refractivity contribution in [2.75, 3.05) is 22.6 Å². The fourth-order valence-corrected chi connectivity index (χ4v) is 2.09. The molecule has 1 unspecified atom stereocenters. The van der Waals surface area contributed by atoms with E-state index >= 15 is 0 Å². The van der Waals surface area contributed by atoms with Gasteiger partial charge in [-0.15, -0.1) is 0 Å². The number of rotatable bonds is 5. The van der Waals surface area contributed by atoms with E-state index in [4.69, 9.17) is 5.73 Å². The molecule has 0 spiro atoms. The summed E-state index contributed by atoms with van der Waals surface area (Å²) in [5, 5.41) is 2.79. The van der Waals surface area contributed by atoms with Crippen molar-refractivity contribution in [3.05, 3.63) is 23.8 Å². The third kappa shape index (κ3) is 4.56. The molecule has 1 aromatic carbocycles. The van der Waals surface area contributed by atoms with Crippen molar-refractivity contribution in [3.8, 4) is 0 Å². The van der Waals surface area contributed by atoms with Crippen molar-refractivity contribution in [1.82, 2.24) is 0 Å². The molecule has 1 atom stereocenters. The topological polar surface area (TPSA) is 72.2 Å². The first-order chi connectivity index (χ1) is 8.02. The maximum atomic E-state index is 11.6. The molecule has 0 aliphatic carbocycles. The van der Waals surface area contributed by atoms with Gasteiger partial charge in [0, 0.05) is 40.1 Å². The summed E-state index contributed by atoms with van der Waals surface area (Å²) in [6.07, 6.45) is 0.282. The molecule has 0 aliphatic heterocycles. The van der Waals surface area contributed by atoms with Crippen molar-refractivity contribution in [2.45, 2.75) is 20.3 Å². The van der Waals surface area contributed by atoms with Gasteiger partial charge < -0.3 is 11.1 Å². The quantitative estimate of drug-likeness (QED) is 0.785. The Morgan fingerprint density at radius 2 is 2.18 bits per heavy atom. The summed E-state index contributed by atoms with van der Waals surface area (Å²) in [5.41, 5.74) is 7.98. The molecule has 0 saturated carbocycles. The lowest BCUT2D eigenvalue weighted by Crippen LogP contribution is -2.16. The van der Waals surface area contributed by atoms with Crippen LogP contribution in [0, 0.1) is 6.92 Å². The molecular formula is C12H18N2O2S. The molecule has 0 radical (unpaired) electrons. The highest BCUT2D eigenvalue weighted by atomic mass is 32.2. The number of anilines is 2. The van der Waals surface area contributed by atoms with Crippen LogP contribution in [0.15, 0.2) is 18.2 Å². The average Bonchev–Trinajstić information content (AvgIpc) is 2.29. The number of benzene rings is 1. The highest BCUT2D eigenvalue weighted by Gasteiger charge is 2.06. The summed E-state index contributed by atoms with van der Waals surface area (Å²) in [7, 11) is -0.895. The van der Waals surface area contributed by atoms with Gasteiger partial charge >= 0.3 is 0 Å². The van der Waals surface area contributed by atoms with Crippen molar-refractivity contribution in [1.29, 1.82) is 0 Å². The molecule has 3 N–H and O–H groups in total. The smallest absolute Gasteiger partial charge is 0.225 e. The predicted molar refractivity (Wildman–Crippen MR) is 72.4 cm³/mol. The molecule has 0 saturated heterocycles. The molecule has 5 heteroatoms. The van der Waals surface area contributed by atoms with Crippen LogP contribution in [-0.4, -0.2) is 21.6 Å². The maximum absolute atomic E-state index is 11.6. The largest absolute Gasteiger partial charge is 0.399 e. The second kappa shape index (κ2) is 6.39. The van der Waals surface area contributed by atoms with E-state index < -0.39 is 10.8 Å². The zero-order chi connectivity index (χ0) is 12.8. The van der Waals surface area contributed by atoms with Crippen LogP contribution in [0.2, 0.25) is 0 Å². The van der Waals surface area contributed by atoms with Crippen LogP contribution < -0.4 is 11.1 Å². The first-order valence-electron chi connectivity index (χ1n) is 5.54. The first-order valence-corrected chi connectivity index (χ1v) is 7.02. The number of nitrogen functional groups attached to an aromatic ring is 1. The van der Waals surface area contributed by atoms with Gasteiger partial charge in [-0.05, 0) is 30.7 Å². The van der Waals surface area contributed by atoms with Gasteiger partial charge in [-0.3, -0.25) is 9.00 Å². The fraction of sp³-hybridized carbons (Fsp3) is 0.417. The van der Waals surface area contributed by atoms with Gasteiger partial charge in [0.1, 0.15) is 0 Å². The van der Waals surface area contributed by atoms with Crippen molar-refractivity contribution in [2.24, 2.45) is 0 Å². The molecule has 17 heavy (non-hydrogen) atoms. The molecule has 94 valence electrons. The van der Waals surface area contributed by atoms with E-state index in [0.29, 0.717) is 17.2 Å². The Bertz CT molecular complexity index is 433. The molecule has 0 aliphatic rings. The van der Waals surface area contributed by atoms with Crippen molar-refractivity contribution in [3.63, 3.8) is 0 Å². The van der Waals surface area contributed by atoms with E-state index in [1.807, 2.05) is 13.8 Å². The van der Waals surface area contributed by atoms with Crippen LogP contribution in [0.25, 0.3) is 0 Å². The number of amides is 1. The third-order valence-corrected chi connectivity index (χ3v) is 3.71. The Kier molecular flexibility index (Phi) is 5.15. The van der Waals surface area contributed by atoms with E-state index in [2.05, 4.69) is 5.32 Å². The number of carbonyl (C=O) groups is 1. The SMILES string of the molecule is CCS(=O)CCC(=O)Nc1ccc(N)cc1C. The van der Waals surface area contributed by atoms with E-state index in [1.54, 1.807) is 18.2 Å². The van der Waals surface area contributed by atoms with Gasteiger partial charge in [-0.1, -0.05) is 6.92 Å². The summed E-state index contributed by atoms with van der Waals surface area (Å²) < 4.78 is 11.2. The fourth-order valence-electron chi connectivity index (χ4n) is 1.39. The lowest BCUT2D eigenvalue weighted by atomic mass is 10.2. The minimum Gasteiger partial charge on any atom is -0.399 e. The molecule has 0 bridgehead atoms. The lowest BCUT2D eigenvalue weighted by molar-refractivity contribution is -0.115. The number of hydrogen-bond donors (Lipinski definition) is 2. The first kappa shape index (κ1) is 13.7. The highest BCUT2D eigenvalue weighted by Crippen LogP contribution is 2.17. The number of aryl methyl sites for hydroxylation is 1. The summed E-state index contributed by atoms with van der Waals surface area (Å²) >= 11 is 0. The van der Waals surface area contributed by atoms with E-state index in [1.165, 1.54) is 0 Å². The van der Waals surface area contributed by atoms with E-state index in [-0.39, 0.29) is 12.3 Å². The molecule has 4 nitrogen and oxygen atoms in total. The molecule has 0 aromatic heterocycles. The predicted octanol–water partition coefficient (Wildman–Crippen LogP) is 1.67. The second-order valence-electron chi connectivity index (χ2n) is 3.81. The summed E-state index contributed by atoms with van der Waals surface area (Å²) in [6.45, 7) is 3.73. The number of carbonyl (C=O) groups excluding carboxylic acids is 1. The lowest BCUT2D eigenvalue weighted by Gasteiger charge is -2.08. The normalized spacial score (nSPS) is 12.1. The van der Waals surface area contributed by atoms with Crippen LogP contribution in [0.4, 0.5) is 11.4 Å². The Morgan fingerprint density at radius 1 is 1.47 bits per heavy atom. The van der Waals surface area contributed by atoms with Crippen LogP contribution in [0.1, 0.15) is 18.9 Å². The molecular weight excluding hydrogens is 236 g/mol. The molecule has 1 rings (SSSR count). The third-order valence-electron chi connectivity index (χ3n) is 2.40. The Morgan fingerprint density at radius 3 is 2.76 bits per heavy atom. The summed E-state index contributed by atoms with van der Waals surface area (Å²) in [5.74, 6) is 0.893. The van der Waals surface area contributed by atoms with Crippen molar-refractivity contribution < 1.29 is 9.00 Å². The Labute approximate surface area is 104 Å². The van der Waals surface area contributed by atoms with Gasteiger partial charge in [0.25, 0.3) is 0 Å². The van der Waals surface area contributed by atoms with E-state index in [9.17, 15) is 9.00 Å². The van der Waals surface area contributed by atoms with Crippen LogP contribution in [0.5, 0.6) is 0 Å².